The molecule has 0 bridgehead atoms. The predicted octanol–water partition coefficient (Wildman–Crippen LogP) is 2.20. The third kappa shape index (κ3) is 5.23. The second kappa shape index (κ2) is 7.53. The summed E-state index contributed by atoms with van der Waals surface area (Å²) < 4.78 is 0. The molecule has 0 aromatic heterocycles. The average Bonchev–Trinajstić information content (AvgIpc) is 2.52. The lowest BCUT2D eigenvalue weighted by Gasteiger charge is -2.13. The zero-order chi connectivity index (χ0) is 11.1. The van der Waals surface area contributed by atoms with Gasteiger partial charge < -0.3 is 10.2 Å². The third-order valence-corrected chi connectivity index (χ3v) is 4.04. The highest BCUT2D eigenvalue weighted by molar-refractivity contribution is 7.98. The first-order valence-electron chi connectivity index (χ1n) is 6.16. The number of hydrogen-bond acceptors (Lipinski definition) is 3. The molecular formula is C12H26N2S. The van der Waals surface area contributed by atoms with E-state index in [2.05, 4.69) is 30.4 Å². The van der Waals surface area contributed by atoms with Crippen LogP contribution in [0.1, 0.15) is 32.6 Å². The minimum atomic E-state index is 0.741. The first-order valence-corrected chi connectivity index (χ1v) is 7.56. The minimum absolute atomic E-state index is 0.741. The van der Waals surface area contributed by atoms with Gasteiger partial charge in [0.1, 0.15) is 0 Å². The molecule has 2 atom stereocenters. The van der Waals surface area contributed by atoms with Crippen molar-refractivity contribution in [2.24, 2.45) is 0 Å². The van der Waals surface area contributed by atoms with Crippen LogP contribution >= 0.6 is 11.8 Å². The maximum atomic E-state index is 3.67. The molecule has 0 radical (unpaired) electrons. The number of nitrogens with zero attached hydrogens (tertiary/aromatic N) is 1. The fourth-order valence-corrected chi connectivity index (χ4v) is 2.69. The summed E-state index contributed by atoms with van der Waals surface area (Å²) in [5.74, 6) is 1.32. The molecule has 15 heavy (non-hydrogen) atoms. The number of thioether (sulfide) groups is 1. The van der Waals surface area contributed by atoms with Crippen LogP contribution in [-0.4, -0.2) is 49.1 Å². The molecule has 1 aliphatic rings. The number of likely N-dealkylation sites (tertiary alicyclic amines) is 1. The minimum Gasteiger partial charge on any atom is -0.313 e. The van der Waals surface area contributed by atoms with Crippen molar-refractivity contribution in [3.8, 4) is 0 Å². The van der Waals surface area contributed by atoms with Gasteiger partial charge in [-0.25, -0.2) is 0 Å². The average molecular weight is 230 g/mol. The lowest BCUT2D eigenvalue weighted by Crippen LogP contribution is -2.32. The largest absolute Gasteiger partial charge is 0.313 e. The Balaban J connectivity index is 1.92. The second-order valence-corrected chi connectivity index (χ2v) is 5.71. The van der Waals surface area contributed by atoms with Crippen molar-refractivity contribution >= 4 is 11.8 Å². The Kier molecular flexibility index (Phi) is 6.69. The quantitative estimate of drug-likeness (QED) is 0.675. The lowest BCUT2D eigenvalue weighted by atomic mass is 10.2. The maximum Gasteiger partial charge on any atom is 0.0209 e. The van der Waals surface area contributed by atoms with E-state index in [9.17, 15) is 0 Å². The van der Waals surface area contributed by atoms with Crippen LogP contribution in [0.15, 0.2) is 0 Å². The Hall–Kier alpha value is 0.270. The molecule has 0 spiro atoms. The van der Waals surface area contributed by atoms with Crippen LogP contribution in [0.5, 0.6) is 0 Å². The van der Waals surface area contributed by atoms with Gasteiger partial charge in [-0.3, -0.25) is 0 Å². The Morgan fingerprint density at radius 1 is 1.33 bits per heavy atom. The molecule has 1 saturated heterocycles. The molecule has 0 aromatic carbocycles. The normalized spacial score (nSPS) is 27.4. The second-order valence-electron chi connectivity index (χ2n) is 4.73. The van der Waals surface area contributed by atoms with Gasteiger partial charge in [0, 0.05) is 18.6 Å². The predicted molar refractivity (Wildman–Crippen MR) is 70.7 cm³/mol. The Morgan fingerprint density at radius 2 is 2.13 bits per heavy atom. The molecule has 3 heteroatoms. The molecule has 1 heterocycles. The van der Waals surface area contributed by atoms with Gasteiger partial charge in [0.05, 0.1) is 0 Å². The van der Waals surface area contributed by atoms with E-state index in [1.807, 2.05) is 11.8 Å². The number of likely N-dealkylation sites (N-methyl/N-ethyl adjacent to an activating group) is 1. The molecule has 1 rings (SSSR count). The number of nitrogens with one attached hydrogen (secondary N) is 1. The topological polar surface area (TPSA) is 15.3 Å². The summed E-state index contributed by atoms with van der Waals surface area (Å²) in [6.07, 6.45) is 7.61. The van der Waals surface area contributed by atoms with Crippen molar-refractivity contribution in [1.29, 1.82) is 0 Å². The van der Waals surface area contributed by atoms with Crippen molar-refractivity contribution in [3.05, 3.63) is 0 Å². The van der Waals surface area contributed by atoms with Crippen molar-refractivity contribution in [2.45, 2.75) is 44.7 Å². The van der Waals surface area contributed by atoms with Gasteiger partial charge in [-0.05, 0) is 51.8 Å². The smallest absolute Gasteiger partial charge is 0.0209 e. The highest BCUT2D eigenvalue weighted by atomic mass is 32.2. The molecule has 90 valence electrons. The van der Waals surface area contributed by atoms with Gasteiger partial charge in [-0.15, -0.1) is 0 Å². The van der Waals surface area contributed by atoms with Crippen molar-refractivity contribution < 1.29 is 0 Å². The van der Waals surface area contributed by atoms with Crippen LogP contribution in [-0.2, 0) is 0 Å². The van der Waals surface area contributed by atoms with E-state index in [-0.39, 0.29) is 0 Å². The molecule has 0 aliphatic carbocycles. The number of hydrogen-bond donors (Lipinski definition) is 1. The fraction of sp³-hybridized carbons (Fsp3) is 1.00. The van der Waals surface area contributed by atoms with Gasteiger partial charge in [0.25, 0.3) is 0 Å². The highest BCUT2D eigenvalue weighted by Crippen LogP contribution is 2.14. The van der Waals surface area contributed by atoms with Crippen molar-refractivity contribution in [1.82, 2.24) is 10.2 Å². The van der Waals surface area contributed by atoms with E-state index in [0.29, 0.717) is 0 Å². The summed E-state index contributed by atoms with van der Waals surface area (Å²) in [5, 5.41) is 3.67. The summed E-state index contributed by atoms with van der Waals surface area (Å²) in [5.41, 5.74) is 0. The zero-order valence-corrected chi connectivity index (χ0v) is 11.3. The van der Waals surface area contributed by atoms with Crippen molar-refractivity contribution in [3.63, 3.8) is 0 Å². The van der Waals surface area contributed by atoms with Gasteiger partial charge in [-0.1, -0.05) is 6.42 Å². The molecule has 1 fully saturated rings. The summed E-state index contributed by atoms with van der Waals surface area (Å²) >= 11 is 1.96. The molecule has 0 aromatic rings. The zero-order valence-electron chi connectivity index (χ0n) is 10.5. The van der Waals surface area contributed by atoms with Crippen LogP contribution in [0.25, 0.3) is 0 Å². The fourth-order valence-electron chi connectivity index (χ4n) is 2.20. The molecule has 0 amide bonds. The summed E-state index contributed by atoms with van der Waals surface area (Å²) in [4.78, 5) is 2.45. The van der Waals surface area contributed by atoms with Gasteiger partial charge >= 0.3 is 0 Å². The molecule has 0 saturated carbocycles. The monoisotopic (exact) mass is 230 g/mol. The summed E-state index contributed by atoms with van der Waals surface area (Å²) in [7, 11) is 2.23. The first kappa shape index (κ1) is 13.3. The Bertz CT molecular complexity index is 154. The molecule has 1 aliphatic heterocycles. The Morgan fingerprint density at radius 3 is 2.73 bits per heavy atom. The van der Waals surface area contributed by atoms with Gasteiger partial charge in [0.2, 0.25) is 0 Å². The first-order chi connectivity index (χ1) is 7.24. The molecule has 2 unspecified atom stereocenters. The Labute approximate surface area is 99.2 Å². The van der Waals surface area contributed by atoms with Crippen LogP contribution in [0.3, 0.4) is 0 Å². The van der Waals surface area contributed by atoms with E-state index in [1.54, 1.807) is 0 Å². The van der Waals surface area contributed by atoms with E-state index in [4.69, 9.17) is 0 Å². The van der Waals surface area contributed by atoms with Crippen LogP contribution in [0.2, 0.25) is 0 Å². The maximum absolute atomic E-state index is 3.67. The standard InChI is InChI=1S/C12H26N2S/c1-11-9-12(10-14(11)2)13-7-5-4-6-8-15-3/h11-13H,4-10H2,1-3H3. The van der Waals surface area contributed by atoms with Crippen LogP contribution in [0.4, 0.5) is 0 Å². The van der Waals surface area contributed by atoms with Crippen LogP contribution in [0, 0.1) is 0 Å². The number of rotatable bonds is 7. The summed E-state index contributed by atoms with van der Waals surface area (Å²) in [6, 6.07) is 1.50. The van der Waals surface area contributed by atoms with Gasteiger partial charge in [-0.2, -0.15) is 11.8 Å². The molecule has 2 nitrogen and oxygen atoms in total. The van der Waals surface area contributed by atoms with E-state index in [1.165, 1.54) is 44.5 Å². The van der Waals surface area contributed by atoms with E-state index >= 15 is 0 Å². The van der Waals surface area contributed by atoms with Crippen molar-refractivity contribution in [2.75, 3.05) is 32.1 Å². The molecular weight excluding hydrogens is 204 g/mol. The van der Waals surface area contributed by atoms with E-state index < -0.39 is 0 Å². The van der Waals surface area contributed by atoms with E-state index in [0.717, 1.165) is 12.1 Å². The van der Waals surface area contributed by atoms with Gasteiger partial charge in [0.15, 0.2) is 0 Å². The number of unbranched alkanes of at least 4 members (excludes halogenated alkanes) is 2. The van der Waals surface area contributed by atoms with Crippen LogP contribution < -0.4 is 5.32 Å². The highest BCUT2D eigenvalue weighted by Gasteiger charge is 2.24. The molecule has 1 N–H and O–H groups in total. The lowest BCUT2D eigenvalue weighted by molar-refractivity contribution is 0.326. The SMILES string of the molecule is CSCCCCCNC1CC(C)N(C)C1. The summed E-state index contributed by atoms with van der Waals surface area (Å²) in [6.45, 7) is 4.76. The third-order valence-electron chi connectivity index (χ3n) is 3.34.